The Kier molecular flexibility index (Phi) is 8.41. The fourth-order valence-corrected chi connectivity index (χ4v) is 8.21. The molecule has 0 atom stereocenters. The topological polar surface area (TPSA) is 60.8 Å². The normalized spacial score (nSPS) is 11.5. The molecule has 0 radical (unpaired) electrons. The number of aromatic nitrogens is 4. The largest absolute Gasteiger partial charge is 0.455 e. The van der Waals surface area contributed by atoms with Gasteiger partial charge in [-0.1, -0.05) is 140 Å². The van der Waals surface area contributed by atoms with Crippen LogP contribution in [-0.2, 0) is 0 Å². The summed E-state index contributed by atoms with van der Waals surface area (Å²) in [5.74, 6) is 2.20. The minimum atomic E-state index is 0.613. The second-order valence-corrected chi connectivity index (χ2v) is 14.6. The highest BCUT2D eigenvalue weighted by molar-refractivity contribution is 6.03. The summed E-state index contributed by atoms with van der Waals surface area (Å²) < 4.78 is 7.20. The Balaban J connectivity index is 1.17. The minimum absolute atomic E-state index is 0.613. The molecule has 59 heavy (non-hydrogen) atoms. The number of pyridine rings is 2. The number of ether oxygens (including phenoxy) is 1. The van der Waals surface area contributed by atoms with Crippen LogP contribution in [0.5, 0.6) is 11.5 Å². The van der Waals surface area contributed by atoms with Crippen molar-refractivity contribution in [3.05, 3.63) is 207 Å². The van der Waals surface area contributed by atoms with Gasteiger partial charge in [0.05, 0.1) is 17.1 Å². The molecule has 5 heteroatoms. The molecule has 4 heterocycles. The summed E-state index contributed by atoms with van der Waals surface area (Å²) in [6, 6.07) is 65.4. The van der Waals surface area contributed by atoms with E-state index in [1.165, 1.54) is 0 Å². The molecule has 0 saturated heterocycles. The van der Waals surface area contributed by atoms with Crippen molar-refractivity contribution in [1.82, 2.24) is 19.9 Å². The summed E-state index contributed by atoms with van der Waals surface area (Å²) >= 11 is 0. The van der Waals surface area contributed by atoms with Crippen molar-refractivity contribution in [1.29, 1.82) is 0 Å². The first-order valence-corrected chi connectivity index (χ1v) is 19.7. The molecular formula is C54H34N4O. The van der Waals surface area contributed by atoms with E-state index in [9.17, 15) is 0 Å². The molecule has 5 nitrogen and oxygen atoms in total. The Morgan fingerprint density at radius 2 is 0.949 bits per heavy atom. The number of para-hydroxylation sites is 1. The lowest BCUT2D eigenvalue weighted by Crippen LogP contribution is -1.98. The molecule has 7 aromatic carbocycles. The summed E-state index contributed by atoms with van der Waals surface area (Å²) in [5.41, 5.74) is 14.8. The van der Waals surface area contributed by atoms with Gasteiger partial charge < -0.3 is 4.74 Å². The van der Waals surface area contributed by atoms with Gasteiger partial charge in [0.2, 0.25) is 0 Å². The highest BCUT2D eigenvalue weighted by Crippen LogP contribution is 2.50. The molecule has 0 saturated carbocycles. The van der Waals surface area contributed by atoms with Gasteiger partial charge in [-0.3, -0.25) is 9.97 Å². The fourth-order valence-electron chi connectivity index (χ4n) is 8.21. The molecule has 0 aliphatic carbocycles. The average Bonchev–Trinajstić information content (AvgIpc) is 3.33. The third kappa shape index (κ3) is 6.22. The first kappa shape index (κ1) is 34.2. The molecule has 0 bridgehead atoms. The molecule has 0 fully saturated rings. The molecule has 0 spiro atoms. The highest BCUT2D eigenvalue weighted by Gasteiger charge is 2.24. The first-order chi connectivity index (χ1) is 29.2. The van der Waals surface area contributed by atoms with Crippen LogP contribution in [0.3, 0.4) is 0 Å². The van der Waals surface area contributed by atoms with Gasteiger partial charge in [0.25, 0.3) is 0 Å². The molecular weight excluding hydrogens is 721 g/mol. The van der Waals surface area contributed by atoms with E-state index in [1.54, 1.807) is 6.20 Å². The van der Waals surface area contributed by atoms with Crippen LogP contribution >= 0.6 is 0 Å². The van der Waals surface area contributed by atoms with E-state index in [0.717, 1.165) is 106 Å². The van der Waals surface area contributed by atoms with Crippen LogP contribution in [0.1, 0.15) is 0 Å². The van der Waals surface area contributed by atoms with Gasteiger partial charge in [-0.25, -0.2) is 9.97 Å². The maximum Gasteiger partial charge on any atom is 0.160 e. The Morgan fingerprint density at radius 1 is 0.356 bits per heavy atom. The van der Waals surface area contributed by atoms with Crippen LogP contribution in [-0.4, -0.2) is 19.9 Å². The van der Waals surface area contributed by atoms with Crippen LogP contribution in [0, 0.1) is 0 Å². The number of hydrogen-bond acceptors (Lipinski definition) is 5. The Morgan fingerprint density at radius 3 is 1.68 bits per heavy atom. The van der Waals surface area contributed by atoms with Crippen LogP contribution in [0.25, 0.3) is 100 Å². The van der Waals surface area contributed by atoms with Crippen molar-refractivity contribution in [2.24, 2.45) is 0 Å². The third-order valence-corrected chi connectivity index (χ3v) is 11.1. The molecule has 0 N–H and O–H groups in total. The maximum absolute atomic E-state index is 7.20. The van der Waals surface area contributed by atoms with Crippen molar-refractivity contribution in [2.45, 2.75) is 0 Å². The van der Waals surface area contributed by atoms with E-state index in [-0.39, 0.29) is 0 Å². The zero-order valence-corrected chi connectivity index (χ0v) is 31.8. The second kappa shape index (κ2) is 14.5. The molecule has 0 amide bonds. The van der Waals surface area contributed by atoms with Crippen molar-refractivity contribution in [3.63, 3.8) is 0 Å². The van der Waals surface area contributed by atoms with Gasteiger partial charge in [0.15, 0.2) is 5.82 Å². The summed E-state index contributed by atoms with van der Waals surface area (Å²) in [4.78, 5) is 19.6. The average molecular weight is 755 g/mol. The minimum Gasteiger partial charge on any atom is -0.455 e. The summed E-state index contributed by atoms with van der Waals surface area (Å²) in [6.45, 7) is 0. The summed E-state index contributed by atoms with van der Waals surface area (Å²) in [7, 11) is 0. The Labute approximate surface area is 342 Å². The zero-order valence-electron chi connectivity index (χ0n) is 31.8. The number of hydrogen-bond donors (Lipinski definition) is 0. The third-order valence-electron chi connectivity index (χ3n) is 11.1. The number of rotatable bonds is 4. The SMILES string of the molecule is c1ccc(-c2cc(-c3ccc(-c4cccnc4)nc3)nc(-c3ccc4c(c3)-c3ccc5ccccc5c3Oc3ccccc3-c3ccccc3-c3ccccc3-4)n2)cc1. The quantitative estimate of drug-likeness (QED) is 0.179. The molecule has 276 valence electrons. The smallest absolute Gasteiger partial charge is 0.160 e. The van der Waals surface area contributed by atoms with Crippen LogP contribution in [0.2, 0.25) is 0 Å². The number of fused-ring (bicyclic) bond motifs is 11. The maximum atomic E-state index is 7.20. The molecule has 1 aliphatic heterocycles. The zero-order chi connectivity index (χ0) is 39.1. The van der Waals surface area contributed by atoms with Crippen LogP contribution in [0.4, 0.5) is 0 Å². The lowest BCUT2D eigenvalue weighted by molar-refractivity contribution is 0.492. The predicted molar refractivity (Wildman–Crippen MR) is 239 cm³/mol. The van der Waals surface area contributed by atoms with E-state index in [4.69, 9.17) is 19.7 Å². The van der Waals surface area contributed by atoms with Crippen molar-refractivity contribution < 1.29 is 4.74 Å². The Hall–Kier alpha value is -8.02. The van der Waals surface area contributed by atoms with Crippen LogP contribution in [0.15, 0.2) is 207 Å². The van der Waals surface area contributed by atoms with Gasteiger partial charge >= 0.3 is 0 Å². The van der Waals surface area contributed by atoms with E-state index in [2.05, 4.69) is 145 Å². The van der Waals surface area contributed by atoms with E-state index in [0.29, 0.717) is 5.82 Å². The van der Waals surface area contributed by atoms with E-state index >= 15 is 0 Å². The van der Waals surface area contributed by atoms with E-state index < -0.39 is 0 Å². The van der Waals surface area contributed by atoms with Gasteiger partial charge in [0, 0.05) is 57.4 Å². The standard InChI is InChI=1S/C54H34N4O/c1-2-14-36(15-3-1)50-32-51(39-26-29-49(56-34-39)38-16-12-30-55-33-38)58-54(57-50)37-25-27-45-43-20-7-6-18-41(43)42-19-8-9-21-44(42)46-22-10-11-23-52(46)59-53-40-17-5-4-13-35(40)24-28-47(53)48(45)31-37/h1-34H. The molecule has 1 aliphatic rings. The van der Waals surface area contributed by atoms with Crippen LogP contribution < -0.4 is 4.74 Å². The van der Waals surface area contributed by atoms with Gasteiger partial charge in [-0.15, -0.1) is 0 Å². The first-order valence-electron chi connectivity index (χ1n) is 19.7. The second-order valence-electron chi connectivity index (χ2n) is 14.6. The molecule has 3 aromatic heterocycles. The van der Waals surface area contributed by atoms with Gasteiger partial charge in [0.1, 0.15) is 11.5 Å². The fraction of sp³-hybridized carbons (Fsp3) is 0. The van der Waals surface area contributed by atoms with Crippen molar-refractivity contribution >= 4 is 10.8 Å². The predicted octanol–water partition coefficient (Wildman–Crippen LogP) is 13.9. The van der Waals surface area contributed by atoms with Crippen molar-refractivity contribution in [2.75, 3.05) is 0 Å². The lowest BCUT2D eigenvalue weighted by atomic mass is 9.85. The lowest BCUT2D eigenvalue weighted by Gasteiger charge is -2.19. The van der Waals surface area contributed by atoms with E-state index in [1.807, 2.05) is 60.9 Å². The highest BCUT2D eigenvalue weighted by atomic mass is 16.5. The van der Waals surface area contributed by atoms with Gasteiger partial charge in [-0.05, 0) is 87.3 Å². The molecule has 0 unspecified atom stereocenters. The molecule has 11 rings (SSSR count). The number of nitrogens with zero attached hydrogens (tertiary/aromatic N) is 4. The van der Waals surface area contributed by atoms with Gasteiger partial charge in [-0.2, -0.15) is 0 Å². The monoisotopic (exact) mass is 754 g/mol. The summed E-state index contributed by atoms with van der Waals surface area (Å²) in [6.07, 6.45) is 5.47. The number of benzene rings is 7. The Bertz CT molecular complexity index is 3180. The summed E-state index contributed by atoms with van der Waals surface area (Å²) in [5, 5.41) is 2.13. The molecule has 10 aromatic rings. The van der Waals surface area contributed by atoms with Crippen molar-refractivity contribution in [3.8, 4) is 101 Å².